The highest BCUT2D eigenvalue weighted by molar-refractivity contribution is 8.15. The number of amides is 2. The molecule has 1 N–H and O–H groups in total. The zero-order valence-corrected chi connectivity index (χ0v) is 19.6. The van der Waals surface area contributed by atoms with Crippen molar-refractivity contribution in [2.45, 2.75) is 24.6 Å². The molecule has 2 amide bonds. The van der Waals surface area contributed by atoms with Crippen LogP contribution in [0.3, 0.4) is 0 Å². The maximum Gasteiger partial charge on any atom is 0.234 e. The number of halogens is 1. The van der Waals surface area contributed by atoms with Crippen LogP contribution in [0.4, 0.5) is 5.69 Å². The highest BCUT2D eigenvalue weighted by atomic mass is 35.5. The van der Waals surface area contributed by atoms with Crippen LogP contribution in [0.2, 0.25) is 5.02 Å². The van der Waals surface area contributed by atoms with Crippen molar-refractivity contribution in [1.82, 2.24) is 10.2 Å². The zero-order valence-electron chi connectivity index (χ0n) is 18.0. The lowest BCUT2D eigenvalue weighted by molar-refractivity contribution is -0.130. The number of carbonyl (C=O) groups excluding carboxylic acids is 2. The Bertz CT molecular complexity index is 1120. The van der Waals surface area contributed by atoms with E-state index in [4.69, 9.17) is 16.6 Å². The highest BCUT2D eigenvalue weighted by Crippen LogP contribution is 2.30. The molecule has 33 heavy (non-hydrogen) atoms. The number of amidine groups is 1. The van der Waals surface area contributed by atoms with Crippen molar-refractivity contribution in [2.24, 2.45) is 4.99 Å². The molecule has 1 atom stereocenters. The molecule has 1 unspecified atom stereocenters. The van der Waals surface area contributed by atoms with Crippen LogP contribution in [0.1, 0.15) is 17.5 Å². The first kappa shape index (κ1) is 23.1. The summed E-state index contributed by atoms with van der Waals surface area (Å²) in [6.45, 7) is 0.924. The van der Waals surface area contributed by atoms with Gasteiger partial charge in [0.1, 0.15) is 0 Å². The summed E-state index contributed by atoms with van der Waals surface area (Å²) >= 11 is 7.33. The van der Waals surface area contributed by atoms with Crippen molar-refractivity contribution in [1.29, 1.82) is 0 Å². The monoisotopic (exact) mass is 477 g/mol. The van der Waals surface area contributed by atoms with Crippen molar-refractivity contribution < 1.29 is 9.59 Å². The number of nitrogens with zero attached hydrogens (tertiary/aromatic N) is 2. The number of nitrogens with one attached hydrogen (secondary N) is 1. The topological polar surface area (TPSA) is 61.8 Å². The second kappa shape index (κ2) is 11.2. The summed E-state index contributed by atoms with van der Waals surface area (Å²) in [4.78, 5) is 32.3. The first-order chi connectivity index (χ1) is 16.1. The molecule has 1 aliphatic heterocycles. The van der Waals surface area contributed by atoms with Crippen molar-refractivity contribution >= 4 is 46.0 Å². The Morgan fingerprint density at radius 3 is 2.27 bits per heavy atom. The molecular formula is C26H24ClN3O2S. The quantitative estimate of drug-likeness (QED) is 0.507. The summed E-state index contributed by atoms with van der Waals surface area (Å²) < 4.78 is 0. The van der Waals surface area contributed by atoms with E-state index in [9.17, 15) is 9.59 Å². The third kappa shape index (κ3) is 6.46. The van der Waals surface area contributed by atoms with Gasteiger partial charge in [-0.15, -0.1) is 0 Å². The van der Waals surface area contributed by atoms with E-state index in [0.29, 0.717) is 29.0 Å². The average molecular weight is 478 g/mol. The maximum absolute atomic E-state index is 13.1. The molecule has 3 aromatic carbocycles. The second-order valence-electron chi connectivity index (χ2n) is 7.67. The number of aliphatic imine (C=N–C) groups is 1. The van der Waals surface area contributed by atoms with Crippen LogP contribution < -0.4 is 5.32 Å². The van der Waals surface area contributed by atoms with Crippen LogP contribution in [0.5, 0.6) is 0 Å². The van der Waals surface area contributed by atoms with E-state index in [1.54, 1.807) is 29.2 Å². The van der Waals surface area contributed by atoms with Crippen LogP contribution in [0, 0.1) is 0 Å². The number of hydrogen-bond donors (Lipinski definition) is 1. The van der Waals surface area contributed by atoms with Crippen molar-refractivity contribution in [3.05, 3.63) is 101 Å². The van der Waals surface area contributed by atoms with Gasteiger partial charge in [-0.05, 0) is 41.8 Å². The molecule has 168 valence electrons. The Labute approximate surface area is 202 Å². The lowest BCUT2D eigenvalue weighted by Gasteiger charge is -2.32. The molecule has 0 spiro atoms. The molecule has 0 aromatic heterocycles. The number of thioether (sulfide) groups is 1. The van der Waals surface area contributed by atoms with Crippen LogP contribution >= 0.6 is 23.4 Å². The van der Waals surface area contributed by atoms with Crippen LogP contribution in [0.15, 0.2) is 89.9 Å². The summed E-state index contributed by atoms with van der Waals surface area (Å²) in [6, 6.07) is 26.9. The Morgan fingerprint density at radius 1 is 0.970 bits per heavy atom. The van der Waals surface area contributed by atoms with E-state index in [1.807, 2.05) is 60.7 Å². The number of hydrogen-bond acceptors (Lipinski definition) is 4. The van der Waals surface area contributed by atoms with Crippen molar-refractivity contribution in [3.63, 3.8) is 0 Å². The molecule has 1 heterocycles. The van der Waals surface area contributed by atoms with Gasteiger partial charge in [-0.25, -0.2) is 4.99 Å². The lowest BCUT2D eigenvalue weighted by atomic mass is 10.1. The summed E-state index contributed by atoms with van der Waals surface area (Å²) in [5, 5.41) is 3.58. The summed E-state index contributed by atoms with van der Waals surface area (Å²) in [5.74, 6) is -0.263. The highest BCUT2D eigenvalue weighted by Gasteiger charge is 2.35. The molecule has 1 fully saturated rings. The van der Waals surface area contributed by atoms with E-state index in [0.717, 1.165) is 17.5 Å². The van der Waals surface area contributed by atoms with Gasteiger partial charge in [0.25, 0.3) is 0 Å². The van der Waals surface area contributed by atoms with Crippen molar-refractivity contribution in [3.8, 4) is 0 Å². The molecule has 3 aromatic rings. The van der Waals surface area contributed by atoms with Gasteiger partial charge in [0.15, 0.2) is 5.17 Å². The smallest absolute Gasteiger partial charge is 0.234 e. The molecule has 7 heteroatoms. The Balaban J connectivity index is 1.49. The first-order valence-electron chi connectivity index (χ1n) is 10.8. The minimum Gasteiger partial charge on any atom is -0.355 e. The molecule has 4 rings (SSSR count). The minimum absolute atomic E-state index is 0.117. The van der Waals surface area contributed by atoms with Crippen LogP contribution in [-0.2, 0) is 22.6 Å². The first-order valence-corrected chi connectivity index (χ1v) is 12.0. The number of benzene rings is 3. The van der Waals surface area contributed by atoms with Crippen LogP contribution in [-0.4, -0.2) is 33.7 Å². The van der Waals surface area contributed by atoms with Crippen LogP contribution in [0.25, 0.3) is 0 Å². The summed E-state index contributed by atoms with van der Waals surface area (Å²) in [5.41, 5.74) is 2.84. The fourth-order valence-electron chi connectivity index (χ4n) is 3.48. The molecule has 5 nitrogen and oxygen atoms in total. The molecule has 0 radical (unpaired) electrons. The minimum atomic E-state index is -0.522. The van der Waals surface area contributed by atoms with Gasteiger partial charge < -0.3 is 5.32 Å². The standard InChI is InChI=1S/C26H24ClN3O2S/c27-21-11-13-22(14-12-21)29-26-30(18-20-9-5-2-6-10-20)24(31)17-23(33-26)25(32)28-16-15-19-7-3-1-4-8-19/h1-14,23H,15-18H2,(H,28,32). The van der Waals surface area contributed by atoms with E-state index in [1.165, 1.54) is 11.8 Å². The maximum atomic E-state index is 13.1. The van der Waals surface area contributed by atoms with E-state index in [-0.39, 0.29) is 18.2 Å². The summed E-state index contributed by atoms with van der Waals surface area (Å²) in [6.07, 6.45) is 0.873. The van der Waals surface area contributed by atoms with Gasteiger partial charge in [-0.2, -0.15) is 0 Å². The lowest BCUT2D eigenvalue weighted by Crippen LogP contribution is -2.46. The van der Waals surface area contributed by atoms with Gasteiger partial charge in [0, 0.05) is 18.0 Å². The third-order valence-corrected chi connectivity index (χ3v) is 6.66. The Morgan fingerprint density at radius 2 is 1.61 bits per heavy atom. The number of carbonyl (C=O) groups is 2. The summed E-state index contributed by atoms with van der Waals surface area (Å²) in [7, 11) is 0. The van der Waals surface area contributed by atoms with E-state index >= 15 is 0 Å². The fourth-order valence-corrected chi connectivity index (χ4v) is 4.73. The Kier molecular flexibility index (Phi) is 7.81. The molecular weight excluding hydrogens is 454 g/mol. The molecule has 0 saturated carbocycles. The SMILES string of the molecule is O=C(NCCc1ccccc1)C1CC(=O)N(Cc2ccccc2)C(=Nc2ccc(Cl)cc2)S1. The van der Waals surface area contributed by atoms with E-state index < -0.39 is 5.25 Å². The predicted octanol–water partition coefficient (Wildman–Crippen LogP) is 5.22. The van der Waals surface area contributed by atoms with Gasteiger partial charge in [0.05, 0.1) is 17.5 Å². The molecule has 1 saturated heterocycles. The van der Waals surface area contributed by atoms with Gasteiger partial charge in [0.2, 0.25) is 11.8 Å². The van der Waals surface area contributed by atoms with Crippen molar-refractivity contribution in [2.75, 3.05) is 6.54 Å². The average Bonchev–Trinajstić information content (AvgIpc) is 2.84. The second-order valence-corrected chi connectivity index (χ2v) is 9.28. The van der Waals surface area contributed by atoms with Gasteiger partial charge in [-0.3, -0.25) is 14.5 Å². The number of rotatable bonds is 7. The largest absolute Gasteiger partial charge is 0.355 e. The third-order valence-electron chi connectivity index (χ3n) is 5.22. The zero-order chi connectivity index (χ0) is 23.0. The Hall–Kier alpha value is -3.09. The molecule has 1 aliphatic rings. The van der Waals surface area contributed by atoms with Gasteiger partial charge >= 0.3 is 0 Å². The molecule has 0 bridgehead atoms. The fraction of sp³-hybridized carbons (Fsp3) is 0.192. The van der Waals surface area contributed by atoms with Gasteiger partial charge in [-0.1, -0.05) is 84.0 Å². The molecule has 0 aliphatic carbocycles. The normalized spacial score (nSPS) is 17.2. The van der Waals surface area contributed by atoms with E-state index in [2.05, 4.69) is 5.32 Å². The predicted molar refractivity (Wildman–Crippen MR) is 135 cm³/mol.